The topological polar surface area (TPSA) is 96.5 Å². The van der Waals surface area contributed by atoms with Gasteiger partial charge in [-0.1, -0.05) is 6.92 Å². The Labute approximate surface area is 78.5 Å². The molecular weight excluding hydrogens is 170 g/mol. The van der Waals surface area contributed by atoms with Crippen LogP contribution in [0.5, 0.6) is 0 Å². The van der Waals surface area contributed by atoms with E-state index in [2.05, 4.69) is 0 Å². The van der Waals surface area contributed by atoms with Crippen molar-refractivity contribution in [1.29, 1.82) is 0 Å². The Morgan fingerprint density at radius 3 is 2.38 bits per heavy atom. The summed E-state index contributed by atoms with van der Waals surface area (Å²) in [7, 11) is 1.56. The molecule has 5 atom stereocenters. The summed E-state index contributed by atoms with van der Waals surface area (Å²) in [6, 6.07) is -0.393. The smallest absolute Gasteiger partial charge is 0.174 e. The zero-order valence-electron chi connectivity index (χ0n) is 8.14. The first-order valence-corrected chi connectivity index (χ1v) is 4.51. The zero-order chi connectivity index (χ0) is 10.0. The lowest BCUT2D eigenvalue weighted by Crippen LogP contribution is -2.62. The fourth-order valence-electron chi connectivity index (χ4n) is 1.65. The van der Waals surface area contributed by atoms with Crippen LogP contribution >= 0.6 is 0 Å². The van der Waals surface area contributed by atoms with Gasteiger partial charge in [-0.2, -0.15) is 0 Å². The maximum Gasteiger partial charge on any atom is 0.174 e. The van der Waals surface area contributed by atoms with Crippen LogP contribution in [-0.4, -0.2) is 38.1 Å². The molecule has 6 N–H and O–H groups in total. The number of rotatable bonds is 2. The van der Waals surface area contributed by atoms with Crippen molar-refractivity contribution in [1.82, 2.24) is 0 Å². The van der Waals surface area contributed by atoms with Gasteiger partial charge in [0.1, 0.15) is 0 Å². The van der Waals surface area contributed by atoms with Crippen LogP contribution in [0.4, 0.5) is 0 Å². The van der Waals surface area contributed by atoms with Crippen LogP contribution in [0.3, 0.4) is 0 Å². The van der Waals surface area contributed by atoms with Gasteiger partial charge in [-0.3, -0.25) is 0 Å². The zero-order valence-corrected chi connectivity index (χ0v) is 8.14. The van der Waals surface area contributed by atoms with E-state index < -0.39 is 6.29 Å². The molecule has 0 aromatic rings. The van der Waals surface area contributed by atoms with Crippen LogP contribution in [0, 0.1) is 5.92 Å². The van der Waals surface area contributed by atoms with Crippen molar-refractivity contribution in [3.8, 4) is 0 Å². The molecule has 1 aliphatic heterocycles. The molecule has 3 unspecified atom stereocenters. The van der Waals surface area contributed by atoms with E-state index in [0.29, 0.717) is 6.54 Å². The maximum absolute atomic E-state index is 5.91. The molecule has 0 amide bonds. The molecule has 0 aromatic heterocycles. The molecule has 1 heterocycles. The largest absolute Gasteiger partial charge is 0.354 e. The van der Waals surface area contributed by atoms with Crippen LogP contribution < -0.4 is 17.2 Å². The Morgan fingerprint density at radius 2 is 1.92 bits per heavy atom. The summed E-state index contributed by atoms with van der Waals surface area (Å²) in [5.41, 5.74) is 17.3. The average molecular weight is 189 g/mol. The fraction of sp³-hybridized carbons (Fsp3) is 1.00. The highest BCUT2D eigenvalue weighted by atomic mass is 16.7. The molecule has 1 aliphatic rings. The van der Waals surface area contributed by atoms with E-state index >= 15 is 0 Å². The van der Waals surface area contributed by atoms with Crippen molar-refractivity contribution in [2.24, 2.45) is 23.1 Å². The average Bonchev–Trinajstić information content (AvgIpc) is 2.15. The van der Waals surface area contributed by atoms with Gasteiger partial charge < -0.3 is 26.7 Å². The number of hydrogen-bond acceptors (Lipinski definition) is 5. The maximum atomic E-state index is 5.91. The summed E-state index contributed by atoms with van der Waals surface area (Å²) in [4.78, 5) is 0. The predicted octanol–water partition coefficient (Wildman–Crippen LogP) is -1.39. The second-order valence-electron chi connectivity index (χ2n) is 3.53. The molecule has 0 aromatic carbocycles. The lowest BCUT2D eigenvalue weighted by molar-refractivity contribution is -0.206. The van der Waals surface area contributed by atoms with Crippen LogP contribution in [0.1, 0.15) is 6.92 Å². The molecule has 0 aliphatic carbocycles. The molecule has 0 spiro atoms. The van der Waals surface area contributed by atoms with Crippen molar-refractivity contribution in [3.05, 3.63) is 0 Å². The van der Waals surface area contributed by atoms with Crippen molar-refractivity contribution < 1.29 is 9.47 Å². The number of ether oxygens (including phenoxy) is 2. The van der Waals surface area contributed by atoms with Crippen LogP contribution in [0.15, 0.2) is 0 Å². The van der Waals surface area contributed by atoms with Gasteiger partial charge in [0, 0.05) is 25.6 Å². The number of hydrogen-bond donors (Lipinski definition) is 3. The van der Waals surface area contributed by atoms with Gasteiger partial charge in [0.05, 0.1) is 12.1 Å². The Hall–Kier alpha value is -0.200. The van der Waals surface area contributed by atoms with Gasteiger partial charge in [-0.15, -0.1) is 0 Å². The quantitative estimate of drug-likeness (QED) is 0.497. The summed E-state index contributed by atoms with van der Waals surface area (Å²) >= 11 is 0. The minimum Gasteiger partial charge on any atom is -0.354 e. The first kappa shape index (κ1) is 10.9. The van der Waals surface area contributed by atoms with Crippen molar-refractivity contribution >= 4 is 0 Å². The van der Waals surface area contributed by atoms with Crippen molar-refractivity contribution in [2.45, 2.75) is 31.4 Å². The molecule has 5 heteroatoms. The second-order valence-corrected chi connectivity index (χ2v) is 3.53. The van der Waals surface area contributed by atoms with E-state index in [-0.39, 0.29) is 24.1 Å². The highest BCUT2D eigenvalue weighted by Gasteiger charge is 2.39. The lowest BCUT2D eigenvalue weighted by Gasteiger charge is -2.41. The normalized spacial score (nSPS) is 46.4. The van der Waals surface area contributed by atoms with Gasteiger partial charge in [0.25, 0.3) is 0 Å². The molecule has 13 heavy (non-hydrogen) atoms. The SMILES string of the molecule is CO[C@@H]1OC(CN)[C@H](C)C(N)C1N. The highest BCUT2D eigenvalue weighted by Crippen LogP contribution is 2.22. The number of methoxy groups -OCH3 is 1. The highest BCUT2D eigenvalue weighted by molar-refractivity contribution is 4.92. The first-order chi connectivity index (χ1) is 6.11. The Balaban J connectivity index is 2.66. The van der Waals surface area contributed by atoms with Gasteiger partial charge in [-0.25, -0.2) is 0 Å². The van der Waals surface area contributed by atoms with Crippen LogP contribution in [0.25, 0.3) is 0 Å². The van der Waals surface area contributed by atoms with E-state index in [1.54, 1.807) is 7.11 Å². The van der Waals surface area contributed by atoms with E-state index in [4.69, 9.17) is 26.7 Å². The monoisotopic (exact) mass is 189 g/mol. The second kappa shape index (κ2) is 4.34. The first-order valence-electron chi connectivity index (χ1n) is 4.51. The number of nitrogens with two attached hydrogens (primary N) is 3. The third-order valence-corrected chi connectivity index (χ3v) is 2.73. The standard InChI is InChI=1S/C8H19N3O2/c1-4-5(3-9)13-8(12-2)7(11)6(4)10/h4-8H,3,9-11H2,1-2H3/t4-,5?,6?,7?,8+/m0/s1. The van der Waals surface area contributed by atoms with Crippen molar-refractivity contribution in [2.75, 3.05) is 13.7 Å². The molecule has 0 radical (unpaired) electrons. The van der Waals surface area contributed by atoms with E-state index in [1.807, 2.05) is 6.92 Å². The predicted molar refractivity (Wildman–Crippen MR) is 49.8 cm³/mol. The molecule has 0 saturated carbocycles. The molecule has 1 rings (SSSR count). The summed E-state index contributed by atoms with van der Waals surface area (Å²) in [5, 5.41) is 0. The molecule has 5 nitrogen and oxygen atoms in total. The molecule has 1 fully saturated rings. The van der Waals surface area contributed by atoms with Gasteiger partial charge in [0.15, 0.2) is 6.29 Å². The summed E-state index contributed by atoms with van der Waals surface area (Å²) in [6.07, 6.45) is -0.487. The summed E-state index contributed by atoms with van der Waals surface area (Å²) in [5.74, 6) is 0.173. The lowest BCUT2D eigenvalue weighted by atomic mass is 9.88. The van der Waals surface area contributed by atoms with Gasteiger partial charge >= 0.3 is 0 Å². The summed E-state index contributed by atoms with van der Waals surface area (Å²) in [6.45, 7) is 2.44. The van der Waals surface area contributed by atoms with Crippen LogP contribution in [-0.2, 0) is 9.47 Å². The van der Waals surface area contributed by atoms with E-state index in [0.717, 1.165) is 0 Å². The molecule has 0 bridgehead atoms. The van der Waals surface area contributed by atoms with Gasteiger partial charge in [0.2, 0.25) is 0 Å². The third-order valence-electron chi connectivity index (χ3n) is 2.73. The molecule has 78 valence electrons. The fourth-order valence-corrected chi connectivity index (χ4v) is 1.65. The van der Waals surface area contributed by atoms with E-state index in [1.165, 1.54) is 0 Å². The molecule has 1 saturated heterocycles. The van der Waals surface area contributed by atoms with Crippen molar-refractivity contribution in [3.63, 3.8) is 0 Å². The van der Waals surface area contributed by atoms with E-state index in [9.17, 15) is 0 Å². The Bertz CT molecular complexity index is 147. The summed E-state index contributed by atoms with van der Waals surface area (Å²) < 4.78 is 10.6. The minimum absolute atomic E-state index is 0.0558. The molecular formula is C8H19N3O2. The Kier molecular flexibility index (Phi) is 3.63. The van der Waals surface area contributed by atoms with Gasteiger partial charge in [-0.05, 0) is 0 Å². The Morgan fingerprint density at radius 1 is 1.31 bits per heavy atom. The minimum atomic E-state index is -0.431. The van der Waals surface area contributed by atoms with Crippen LogP contribution in [0.2, 0.25) is 0 Å². The third kappa shape index (κ3) is 2.00.